The Morgan fingerprint density at radius 3 is 2.21 bits per heavy atom. The van der Waals surface area contributed by atoms with E-state index in [0.717, 1.165) is 6.54 Å². The monoisotopic (exact) mass is 272 g/mol. The summed E-state index contributed by atoms with van der Waals surface area (Å²) < 4.78 is 0. The maximum Gasteiger partial charge on any atom is 0.317 e. The number of carbonyl (C=O) groups is 1. The summed E-state index contributed by atoms with van der Waals surface area (Å²) in [5.74, 6) is -0.796. The van der Waals surface area contributed by atoms with Gasteiger partial charge in [-0.05, 0) is 19.9 Å². The summed E-state index contributed by atoms with van der Waals surface area (Å²) in [5, 5.41) is 14.8. The van der Waals surface area contributed by atoms with Gasteiger partial charge in [-0.25, -0.2) is 0 Å². The third kappa shape index (κ3) is 15.3. The molecule has 4 nitrogen and oxygen atoms in total. The van der Waals surface area contributed by atoms with Gasteiger partial charge < -0.3 is 15.7 Å². The second kappa shape index (κ2) is 13.8. The number of carboxylic acids is 1. The second-order valence-corrected chi connectivity index (χ2v) is 5.35. The molecule has 0 aromatic heterocycles. The molecule has 0 fully saturated rings. The van der Waals surface area contributed by atoms with Crippen LogP contribution in [0.1, 0.15) is 65.2 Å². The fraction of sp³-hybridized carbons (Fsp3) is 0.933. The summed E-state index contributed by atoms with van der Waals surface area (Å²) in [5.41, 5.74) is 0. The van der Waals surface area contributed by atoms with Crippen molar-refractivity contribution in [3.8, 4) is 0 Å². The summed E-state index contributed by atoms with van der Waals surface area (Å²) >= 11 is 0. The minimum Gasteiger partial charge on any atom is -0.480 e. The van der Waals surface area contributed by atoms with Crippen LogP contribution in [0.2, 0.25) is 0 Å². The Kier molecular flexibility index (Phi) is 13.4. The largest absolute Gasteiger partial charge is 0.480 e. The zero-order valence-electron chi connectivity index (χ0n) is 12.7. The normalized spacial score (nSPS) is 12.5. The topological polar surface area (TPSA) is 61.4 Å². The van der Waals surface area contributed by atoms with Gasteiger partial charge in [-0.2, -0.15) is 0 Å². The van der Waals surface area contributed by atoms with Gasteiger partial charge in [-0.3, -0.25) is 4.79 Å². The van der Waals surface area contributed by atoms with Crippen molar-refractivity contribution >= 4 is 5.97 Å². The van der Waals surface area contributed by atoms with Gasteiger partial charge in [0, 0.05) is 12.6 Å². The highest BCUT2D eigenvalue weighted by Crippen LogP contribution is 2.07. The van der Waals surface area contributed by atoms with Crippen molar-refractivity contribution in [1.29, 1.82) is 0 Å². The van der Waals surface area contributed by atoms with Crippen LogP contribution in [0.25, 0.3) is 0 Å². The minimum absolute atomic E-state index is 0.0454. The smallest absolute Gasteiger partial charge is 0.317 e. The van der Waals surface area contributed by atoms with Crippen LogP contribution in [0, 0.1) is 0 Å². The van der Waals surface area contributed by atoms with E-state index in [1.165, 1.54) is 51.4 Å². The summed E-state index contributed by atoms with van der Waals surface area (Å²) in [7, 11) is 0. The Bertz CT molecular complexity index is 210. The van der Waals surface area contributed by atoms with Gasteiger partial charge in [0.2, 0.25) is 0 Å². The van der Waals surface area contributed by atoms with Gasteiger partial charge in [0.15, 0.2) is 0 Å². The van der Waals surface area contributed by atoms with E-state index in [0.29, 0.717) is 12.6 Å². The van der Waals surface area contributed by atoms with E-state index in [1.54, 1.807) is 0 Å². The van der Waals surface area contributed by atoms with E-state index < -0.39 is 5.97 Å². The molecule has 114 valence electrons. The van der Waals surface area contributed by atoms with E-state index in [-0.39, 0.29) is 6.54 Å². The van der Waals surface area contributed by atoms with Crippen LogP contribution >= 0.6 is 0 Å². The Morgan fingerprint density at radius 2 is 1.63 bits per heavy atom. The lowest BCUT2D eigenvalue weighted by atomic mass is 10.1. The summed E-state index contributed by atoms with van der Waals surface area (Å²) in [4.78, 5) is 10.3. The van der Waals surface area contributed by atoms with Crippen LogP contribution in [-0.4, -0.2) is 36.8 Å². The lowest BCUT2D eigenvalue weighted by molar-refractivity contribution is -0.135. The van der Waals surface area contributed by atoms with Crippen molar-refractivity contribution < 1.29 is 9.90 Å². The van der Waals surface area contributed by atoms with Gasteiger partial charge in [-0.1, -0.05) is 51.9 Å². The maximum atomic E-state index is 10.3. The standard InChI is InChI=1S/C15H32N2O2/c1-3-4-5-6-7-8-9-10-11-17-14(2)12-16-13-15(18)19/h14,16-17H,3-13H2,1-2H3,(H,18,19). The molecule has 0 rings (SSSR count). The SMILES string of the molecule is CCCCCCCCCCNC(C)CNCC(=O)O. The highest BCUT2D eigenvalue weighted by molar-refractivity contribution is 5.68. The zero-order chi connectivity index (χ0) is 14.3. The van der Waals surface area contributed by atoms with E-state index in [9.17, 15) is 4.79 Å². The minimum atomic E-state index is -0.796. The van der Waals surface area contributed by atoms with Crippen molar-refractivity contribution in [3.05, 3.63) is 0 Å². The lowest BCUT2D eigenvalue weighted by Crippen LogP contribution is -2.38. The number of hydrogen-bond donors (Lipinski definition) is 3. The summed E-state index contributed by atoms with van der Waals surface area (Å²) in [6.07, 6.45) is 10.7. The predicted molar refractivity (Wildman–Crippen MR) is 80.6 cm³/mol. The molecule has 19 heavy (non-hydrogen) atoms. The quantitative estimate of drug-likeness (QED) is 0.426. The number of aliphatic carboxylic acids is 1. The molecule has 0 aliphatic carbocycles. The molecule has 0 saturated carbocycles. The van der Waals surface area contributed by atoms with Gasteiger partial charge >= 0.3 is 5.97 Å². The van der Waals surface area contributed by atoms with E-state index in [2.05, 4.69) is 24.5 Å². The second-order valence-electron chi connectivity index (χ2n) is 5.35. The molecule has 0 amide bonds. The summed E-state index contributed by atoms with van der Waals surface area (Å²) in [6, 6.07) is 0.337. The Labute approximate surface area is 118 Å². The maximum absolute atomic E-state index is 10.3. The molecule has 0 bridgehead atoms. The third-order valence-electron chi connectivity index (χ3n) is 3.25. The molecule has 0 aliphatic rings. The van der Waals surface area contributed by atoms with Crippen molar-refractivity contribution in [2.24, 2.45) is 0 Å². The first-order chi connectivity index (χ1) is 9.16. The van der Waals surface area contributed by atoms with Crippen LogP contribution in [0.4, 0.5) is 0 Å². The van der Waals surface area contributed by atoms with E-state index in [1.807, 2.05) is 0 Å². The van der Waals surface area contributed by atoms with Crippen molar-refractivity contribution in [2.75, 3.05) is 19.6 Å². The predicted octanol–water partition coefficient (Wildman–Crippen LogP) is 2.78. The Balaban J connectivity index is 3.14. The van der Waals surface area contributed by atoms with Crippen molar-refractivity contribution in [1.82, 2.24) is 10.6 Å². The lowest BCUT2D eigenvalue weighted by Gasteiger charge is -2.13. The number of rotatable bonds is 14. The van der Waals surface area contributed by atoms with Crippen LogP contribution in [0.5, 0.6) is 0 Å². The van der Waals surface area contributed by atoms with E-state index >= 15 is 0 Å². The third-order valence-corrected chi connectivity index (χ3v) is 3.25. The molecule has 0 aliphatic heterocycles. The molecule has 0 radical (unpaired) electrons. The molecule has 0 aromatic rings. The fourth-order valence-electron chi connectivity index (χ4n) is 2.08. The highest BCUT2D eigenvalue weighted by atomic mass is 16.4. The Morgan fingerprint density at radius 1 is 1.05 bits per heavy atom. The zero-order valence-corrected chi connectivity index (χ0v) is 12.7. The first kappa shape index (κ1) is 18.4. The van der Waals surface area contributed by atoms with Crippen LogP contribution in [-0.2, 0) is 4.79 Å². The molecule has 1 unspecified atom stereocenters. The molecule has 0 spiro atoms. The number of hydrogen-bond acceptors (Lipinski definition) is 3. The van der Waals surface area contributed by atoms with Gasteiger partial charge in [0.05, 0.1) is 6.54 Å². The fourth-order valence-corrected chi connectivity index (χ4v) is 2.08. The molecule has 0 heterocycles. The molecular formula is C15H32N2O2. The number of unbranched alkanes of at least 4 members (excludes halogenated alkanes) is 7. The molecule has 4 heteroatoms. The molecule has 0 aromatic carbocycles. The highest BCUT2D eigenvalue weighted by Gasteiger charge is 2.01. The van der Waals surface area contributed by atoms with Crippen LogP contribution in [0.15, 0.2) is 0 Å². The molecule has 1 atom stereocenters. The van der Waals surface area contributed by atoms with Crippen LogP contribution in [0.3, 0.4) is 0 Å². The Hall–Kier alpha value is -0.610. The molecule has 3 N–H and O–H groups in total. The average Bonchev–Trinajstić information content (AvgIpc) is 2.36. The van der Waals surface area contributed by atoms with Gasteiger partial charge in [0.25, 0.3) is 0 Å². The first-order valence-corrected chi connectivity index (χ1v) is 7.82. The van der Waals surface area contributed by atoms with Gasteiger partial charge in [-0.15, -0.1) is 0 Å². The molecule has 0 saturated heterocycles. The number of nitrogens with one attached hydrogen (secondary N) is 2. The number of carboxylic acid groups (broad SMARTS) is 1. The first-order valence-electron chi connectivity index (χ1n) is 7.82. The van der Waals surface area contributed by atoms with Crippen molar-refractivity contribution in [2.45, 2.75) is 71.3 Å². The summed E-state index contributed by atoms with van der Waals surface area (Å²) in [6.45, 7) is 6.12. The average molecular weight is 272 g/mol. The molecular weight excluding hydrogens is 240 g/mol. The van der Waals surface area contributed by atoms with Gasteiger partial charge in [0.1, 0.15) is 0 Å². The van der Waals surface area contributed by atoms with E-state index in [4.69, 9.17) is 5.11 Å². The van der Waals surface area contributed by atoms with Crippen molar-refractivity contribution in [3.63, 3.8) is 0 Å². The van der Waals surface area contributed by atoms with Crippen LogP contribution < -0.4 is 10.6 Å².